The largest absolute Gasteiger partial charge is 0.479 e. The van der Waals surface area contributed by atoms with Crippen molar-refractivity contribution in [3.8, 4) is 29.3 Å². The van der Waals surface area contributed by atoms with Crippen LogP contribution in [-0.4, -0.2) is 154 Å². The molecule has 0 radical (unpaired) electrons. The Morgan fingerprint density at radius 3 is 1.04 bits per heavy atom. The summed E-state index contributed by atoms with van der Waals surface area (Å²) in [4.78, 5) is 157. The van der Waals surface area contributed by atoms with E-state index in [1.807, 2.05) is 34.9 Å². The summed E-state index contributed by atoms with van der Waals surface area (Å²) in [6.07, 6.45) is -0.224. The molecule has 0 fully saturated rings. The minimum Gasteiger partial charge on any atom is -0.479 e. The molecule has 0 spiro atoms. The molecule has 2 aromatic carbocycles. The van der Waals surface area contributed by atoms with Crippen LogP contribution in [0.25, 0.3) is 29.3 Å². The number of rotatable bonds is 29. The van der Waals surface area contributed by atoms with Gasteiger partial charge in [-0.05, 0) is 73.5 Å². The topological polar surface area (TPSA) is 382 Å². The smallest absolute Gasteiger partial charge is 0.334 e. The van der Waals surface area contributed by atoms with Gasteiger partial charge in [-0.25, -0.2) is 9.59 Å². The lowest BCUT2D eigenvalue weighted by Gasteiger charge is -2.23. The molecule has 8 amide bonds. The van der Waals surface area contributed by atoms with E-state index in [4.69, 9.17) is 10.2 Å². The first kappa shape index (κ1) is 62.4. The lowest BCUT2D eigenvalue weighted by atomic mass is 10.0. The number of aliphatic hydroxyl groups excluding tert-OH is 2. The van der Waals surface area contributed by atoms with Crippen LogP contribution < -0.4 is 42.5 Å². The summed E-state index contributed by atoms with van der Waals surface area (Å²) in [5, 5.41) is 56.1. The van der Waals surface area contributed by atoms with Gasteiger partial charge in [0.15, 0.2) is 23.7 Å². The Hall–Kier alpha value is -8.80. The molecule has 0 unspecified atom stereocenters. The summed E-state index contributed by atoms with van der Waals surface area (Å²) in [7, 11) is 0. The van der Waals surface area contributed by atoms with Crippen LogP contribution in [0.15, 0.2) is 109 Å². The van der Waals surface area contributed by atoms with Crippen molar-refractivity contribution in [1.82, 2.24) is 42.5 Å². The predicted octanol–water partition coefficient (Wildman–Crippen LogP) is 1.12. The second-order valence-electron chi connectivity index (χ2n) is 17.9. The van der Waals surface area contributed by atoms with Crippen molar-refractivity contribution < 1.29 is 78.0 Å². The van der Waals surface area contributed by atoms with E-state index < -0.39 is 133 Å². The van der Waals surface area contributed by atoms with E-state index in [2.05, 4.69) is 31.9 Å². The van der Waals surface area contributed by atoms with Crippen LogP contribution >= 0.6 is 45.3 Å². The Morgan fingerprint density at radius 2 is 0.720 bits per heavy atom. The molecule has 0 aliphatic heterocycles. The Morgan fingerprint density at radius 1 is 0.402 bits per heavy atom. The maximum atomic E-state index is 13.2. The molecular formula is C54H54N8O16S4. The molecule has 82 heavy (non-hydrogen) atoms. The van der Waals surface area contributed by atoms with Crippen molar-refractivity contribution in [2.45, 2.75) is 62.9 Å². The SMILES string of the molecule is C[C@H](NC(=O)CNC(=O)c1ccc(-c2ccc(-c3ccc(-c4ccc(C(=O)NCC(=O)N[C@@H](C)C(=O)N[C@@H](Cc5ccccc5)C(=O)N[C@H](C(=O)O)C(=O)CO)s4)s3)s2)s1)C(=O)N[C@@H](Cc1ccccc1)C(=O)N[C@H](C(=O)O)C(=O)CO. The number of hydrogen-bond acceptors (Lipinski definition) is 18. The molecule has 430 valence electrons. The maximum Gasteiger partial charge on any atom is 0.334 e. The molecule has 0 bridgehead atoms. The van der Waals surface area contributed by atoms with Crippen LogP contribution in [0.1, 0.15) is 44.3 Å². The first-order chi connectivity index (χ1) is 39.1. The minimum atomic E-state index is -2.07. The van der Waals surface area contributed by atoms with Crippen LogP contribution in [0.3, 0.4) is 0 Å². The number of carbonyl (C=O) groups excluding carboxylic acids is 10. The lowest BCUT2D eigenvalue weighted by molar-refractivity contribution is -0.147. The summed E-state index contributed by atoms with van der Waals surface area (Å²) >= 11 is 5.34. The third-order valence-corrected chi connectivity index (χ3v) is 16.7. The minimum absolute atomic E-state index is 0.112. The number of aliphatic carboxylic acids is 2. The number of carboxylic acids is 2. The highest BCUT2D eigenvalue weighted by molar-refractivity contribution is 7.29. The quantitative estimate of drug-likeness (QED) is 0.0293. The first-order valence-electron chi connectivity index (χ1n) is 24.7. The summed E-state index contributed by atoms with van der Waals surface area (Å²) in [6.45, 7) is -0.648. The van der Waals surface area contributed by atoms with Gasteiger partial charge in [-0.3, -0.25) is 47.9 Å². The van der Waals surface area contributed by atoms with E-state index in [0.29, 0.717) is 20.9 Å². The van der Waals surface area contributed by atoms with Gasteiger partial charge in [0.25, 0.3) is 11.8 Å². The number of thiophene rings is 4. The van der Waals surface area contributed by atoms with Gasteiger partial charge in [0.1, 0.15) is 37.4 Å². The number of benzene rings is 2. The molecule has 4 heterocycles. The third kappa shape index (κ3) is 17.6. The monoisotopic (exact) mass is 1200 g/mol. The van der Waals surface area contributed by atoms with Gasteiger partial charge in [0, 0.05) is 42.1 Å². The van der Waals surface area contributed by atoms with Crippen molar-refractivity contribution in [3.63, 3.8) is 0 Å². The zero-order valence-corrected chi connectivity index (χ0v) is 46.7. The van der Waals surface area contributed by atoms with Crippen LogP contribution in [0.2, 0.25) is 0 Å². The number of amides is 8. The molecule has 0 aliphatic carbocycles. The number of carboxylic acid groups (broad SMARTS) is 2. The molecule has 0 saturated heterocycles. The zero-order chi connectivity index (χ0) is 59.6. The molecule has 0 aliphatic rings. The standard InChI is InChI=1S/C54H54N8O16S4/c1-27(47(69)59-31(21-29-9-5-3-6-10-29)49(71)61-45(53(75)76)33(65)25-63)57-43(67)23-55-51(73)41-19-17-39(81-41)37-15-13-35(79-37)36-14-16-38(80-36)40-18-20-42(82-40)52(74)56-24-44(68)58-28(2)48(70)60-32(22-30-11-7-4-8-12-30)50(72)62-46(54(77)78)34(66)26-64/h3-20,27-28,31-32,45-46,63-64H,21-26H2,1-2H3,(H,55,73)(H,56,74)(H,57,67)(H,58,68)(H,59,69)(H,60,70)(H,61,71)(H,62,72)(H,75,76)(H,77,78)/t27-,28-,31-,32-,45-,46-/m0/s1. The maximum absolute atomic E-state index is 13.2. The Labute approximate surface area is 482 Å². The fourth-order valence-corrected chi connectivity index (χ4v) is 11.7. The molecule has 6 rings (SSSR count). The average molecular weight is 1200 g/mol. The normalized spacial score (nSPS) is 13.1. The van der Waals surface area contributed by atoms with Crippen molar-refractivity contribution in [1.29, 1.82) is 0 Å². The number of Topliss-reactive ketones (excluding diaryl/α,β-unsaturated/α-hetero) is 2. The number of hydrogen-bond donors (Lipinski definition) is 12. The van der Waals surface area contributed by atoms with Gasteiger partial charge in [0.2, 0.25) is 35.4 Å². The van der Waals surface area contributed by atoms with Gasteiger partial charge < -0.3 is 63.0 Å². The van der Waals surface area contributed by atoms with Gasteiger partial charge in [-0.15, -0.1) is 45.3 Å². The van der Waals surface area contributed by atoms with Crippen molar-refractivity contribution in [3.05, 3.63) is 130 Å². The molecule has 4 aromatic heterocycles. The highest BCUT2D eigenvalue weighted by Crippen LogP contribution is 2.43. The van der Waals surface area contributed by atoms with Crippen molar-refractivity contribution in [2.24, 2.45) is 0 Å². The van der Waals surface area contributed by atoms with Crippen LogP contribution in [0.5, 0.6) is 0 Å². The molecule has 0 saturated carbocycles. The first-order valence-corrected chi connectivity index (χ1v) is 28.0. The number of aliphatic hydroxyl groups is 2. The Bertz CT molecular complexity index is 3120. The number of ketones is 2. The van der Waals surface area contributed by atoms with E-state index in [9.17, 15) is 67.7 Å². The van der Waals surface area contributed by atoms with E-state index in [-0.39, 0.29) is 12.8 Å². The molecule has 12 N–H and O–H groups in total. The Balaban J connectivity index is 0.964. The summed E-state index contributed by atoms with van der Waals surface area (Å²) < 4.78 is 0. The van der Waals surface area contributed by atoms with E-state index in [1.54, 1.807) is 84.9 Å². The van der Waals surface area contributed by atoms with Crippen LogP contribution in [-0.2, 0) is 60.8 Å². The molecule has 28 heteroatoms. The van der Waals surface area contributed by atoms with E-state index >= 15 is 0 Å². The van der Waals surface area contributed by atoms with E-state index in [0.717, 1.165) is 29.3 Å². The third-order valence-electron chi connectivity index (χ3n) is 11.8. The van der Waals surface area contributed by atoms with Gasteiger partial charge in [-0.1, -0.05) is 60.7 Å². The fourth-order valence-electron chi connectivity index (χ4n) is 7.54. The molecule has 6 atom stereocenters. The molecular weight excluding hydrogens is 1140 g/mol. The fraction of sp³-hybridized carbons (Fsp3) is 0.259. The lowest BCUT2D eigenvalue weighted by Crippen LogP contribution is -2.57. The van der Waals surface area contributed by atoms with E-state index in [1.165, 1.54) is 59.2 Å². The highest BCUT2D eigenvalue weighted by atomic mass is 32.1. The van der Waals surface area contributed by atoms with Gasteiger partial charge in [-0.2, -0.15) is 0 Å². The van der Waals surface area contributed by atoms with Gasteiger partial charge in [0.05, 0.1) is 22.8 Å². The zero-order valence-electron chi connectivity index (χ0n) is 43.4. The van der Waals surface area contributed by atoms with Gasteiger partial charge >= 0.3 is 11.9 Å². The van der Waals surface area contributed by atoms with Crippen molar-refractivity contribution in [2.75, 3.05) is 26.3 Å². The van der Waals surface area contributed by atoms with Crippen LogP contribution in [0.4, 0.5) is 0 Å². The van der Waals surface area contributed by atoms with Crippen molar-refractivity contribution >= 4 is 116 Å². The second-order valence-corrected chi connectivity index (χ2v) is 22.2. The highest BCUT2D eigenvalue weighted by Gasteiger charge is 2.34. The predicted molar refractivity (Wildman–Crippen MR) is 302 cm³/mol. The second kappa shape index (κ2) is 29.6. The summed E-state index contributed by atoms with van der Waals surface area (Å²) in [6, 6.07) is 21.9. The molecule has 24 nitrogen and oxygen atoms in total. The Kier molecular flexibility index (Phi) is 22.5. The average Bonchev–Trinajstić information content (AvgIpc) is 4.52. The summed E-state index contributed by atoms with van der Waals surface area (Å²) in [5.74, 6) is -12.0. The summed E-state index contributed by atoms with van der Waals surface area (Å²) in [5.41, 5.74) is 1.16. The number of carbonyl (C=O) groups is 12. The van der Waals surface area contributed by atoms with Crippen LogP contribution in [0, 0.1) is 0 Å². The number of nitrogens with one attached hydrogen (secondary N) is 8. The molecule has 6 aromatic rings.